The summed E-state index contributed by atoms with van der Waals surface area (Å²) in [6, 6.07) is 14.6. The van der Waals surface area contributed by atoms with E-state index in [0.29, 0.717) is 13.0 Å². The summed E-state index contributed by atoms with van der Waals surface area (Å²) in [5.41, 5.74) is 3.76. The first kappa shape index (κ1) is 27.5. The van der Waals surface area contributed by atoms with Crippen molar-refractivity contribution in [2.24, 2.45) is 5.92 Å². The van der Waals surface area contributed by atoms with Crippen LogP contribution in [-0.2, 0) is 14.3 Å². The van der Waals surface area contributed by atoms with E-state index in [1.165, 1.54) is 9.80 Å². The van der Waals surface area contributed by atoms with Crippen molar-refractivity contribution in [1.82, 2.24) is 9.80 Å². The molecule has 8 heteroatoms. The minimum atomic E-state index is -1.08. The first-order chi connectivity index (χ1) is 18.0. The molecule has 0 radical (unpaired) electrons. The average Bonchev–Trinajstić information content (AvgIpc) is 3.44. The van der Waals surface area contributed by atoms with Crippen LogP contribution in [0.2, 0.25) is 0 Å². The lowest BCUT2D eigenvalue weighted by Gasteiger charge is -2.34. The number of hydrogen-bond acceptors (Lipinski definition) is 5. The second-order valence-electron chi connectivity index (χ2n) is 11.6. The van der Waals surface area contributed by atoms with Gasteiger partial charge in [0.2, 0.25) is 0 Å². The first-order valence-corrected chi connectivity index (χ1v) is 13.3. The zero-order valence-corrected chi connectivity index (χ0v) is 22.8. The Morgan fingerprint density at radius 2 is 1.61 bits per heavy atom. The lowest BCUT2D eigenvalue weighted by molar-refractivity contribution is -0.144. The fraction of sp³-hybridized carbons (Fsp3) is 0.500. The van der Waals surface area contributed by atoms with E-state index in [2.05, 4.69) is 12.1 Å². The molecule has 38 heavy (non-hydrogen) atoms. The van der Waals surface area contributed by atoms with Crippen molar-refractivity contribution in [1.29, 1.82) is 0 Å². The van der Waals surface area contributed by atoms with Crippen molar-refractivity contribution in [3.63, 3.8) is 0 Å². The van der Waals surface area contributed by atoms with Crippen molar-refractivity contribution in [2.75, 3.05) is 19.7 Å². The van der Waals surface area contributed by atoms with Gasteiger partial charge in [0.15, 0.2) is 0 Å². The largest absolute Gasteiger partial charge is 0.480 e. The van der Waals surface area contributed by atoms with Crippen molar-refractivity contribution in [3.05, 3.63) is 59.7 Å². The van der Waals surface area contributed by atoms with Crippen LogP contribution in [0.15, 0.2) is 48.5 Å². The molecule has 1 aliphatic heterocycles. The average molecular weight is 523 g/mol. The summed E-state index contributed by atoms with van der Waals surface area (Å²) in [6.07, 6.45) is -0.410. The Kier molecular flexibility index (Phi) is 7.99. The third kappa shape index (κ3) is 5.95. The lowest BCUT2D eigenvalue weighted by Crippen LogP contribution is -2.53. The number of carboxylic acid groups (broad SMARTS) is 1. The Bertz CT molecular complexity index is 1140. The fourth-order valence-corrected chi connectivity index (χ4v) is 5.44. The molecule has 1 unspecified atom stereocenters. The molecule has 0 saturated carbocycles. The van der Waals surface area contributed by atoms with Gasteiger partial charge in [-0.3, -0.25) is 4.90 Å². The predicted molar refractivity (Wildman–Crippen MR) is 144 cm³/mol. The standard InChI is InChI=1S/C30H38N2O6/c1-19(2)16-26(27(33)34)32(20-14-15-31(17-20)28(35)38-30(3,4)5)29(36)37-18-25-23-12-8-6-10-21(23)22-11-7-9-13-24(22)25/h6-13,19-20,25-26H,14-18H2,1-5H3,(H,33,34)/t20-,26?/m0/s1. The topological polar surface area (TPSA) is 96.4 Å². The summed E-state index contributed by atoms with van der Waals surface area (Å²) in [5, 5.41) is 10.1. The molecule has 8 nitrogen and oxygen atoms in total. The van der Waals surface area contributed by atoms with Crippen LogP contribution in [0, 0.1) is 5.92 Å². The monoisotopic (exact) mass is 522 g/mol. The van der Waals surface area contributed by atoms with Gasteiger partial charge < -0.3 is 19.5 Å². The van der Waals surface area contributed by atoms with Gasteiger partial charge in [-0.05, 0) is 61.8 Å². The van der Waals surface area contributed by atoms with Gasteiger partial charge in [0.25, 0.3) is 0 Å². The summed E-state index contributed by atoms with van der Waals surface area (Å²) in [4.78, 5) is 41.6. The van der Waals surface area contributed by atoms with Gasteiger partial charge in [-0.2, -0.15) is 0 Å². The maximum atomic E-state index is 13.6. The van der Waals surface area contributed by atoms with Gasteiger partial charge in [0.05, 0.1) is 6.04 Å². The molecule has 2 amide bonds. The summed E-state index contributed by atoms with van der Waals surface area (Å²) >= 11 is 0. The van der Waals surface area contributed by atoms with Gasteiger partial charge in [-0.25, -0.2) is 14.4 Å². The molecule has 1 N–H and O–H groups in total. The number of amides is 2. The molecule has 204 valence electrons. The van der Waals surface area contributed by atoms with Crippen LogP contribution in [0.5, 0.6) is 0 Å². The number of carbonyl (C=O) groups is 3. The molecule has 2 aromatic carbocycles. The van der Waals surface area contributed by atoms with Crippen LogP contribution < -0.4 is 0 Å². The predicted octanol–water partition coefficient (Wildman–Crippen LogP) is 5.75. The van der Waals surface area contributed by atoms with E-state index in [1.54, 1.807) is 20.8 Å². The van der Waals surface area contributed by atoms with Crippen LogP contribution in [0.3, 0.4) is 0 Å². The second kappa shape index (κ2) is 11.1. The smallest absolute Gasteiger partial charge is 0.410 e. The summed E-state index contributed by atoms with van der Waals surface area (Å²) in [6.45, 7) is 9.90. The summed E-state index contributed by atoms with van der Waals surface area (Å²) < 4.78 is 11.4. The quantitative estimate of drug-likeness (QED) is 0.498. The number of nitrogens with zero attached hydrogens (tertiary/aromatic N) is 2. The SMILES string of the molecule is CC(C)CC(C(=O)O)N(C(=O)OCC1c2ccccc2-c2ccccc21)[C@H]1CCN(C(=O)OC(C)(C)C)C1. The van der Waals surface area contributed by atoms with Gasteiger partial charge in [0.1, 0.15) is 18.2 Å². The van der Waals surface area contributed by atoms with Crippen LogP contribution in [0.25, 0.3) is 11.1 Å². The number of fused-ring (bicyclic) bond motifs is 3. The molecule has 2 aliphatic rings. The number of aliphatic carboxylic acids is 1. The van der Waals surface area contributed by atoms with Gasteiger partial charge in [0, 0.05) is 19.0 Å². The Morgan fingerprint density at radius 3 is 2.13 bits per heavy atom. The van der Waals surface area contributed by atoms with Gasteiger partial charge >= 0.3 is 18.2 Å². The van der Waals surface area contributed by atoms with Crippen LogP contribution >= 0.6 is 0 Å². The Labute approximate surface area is 224 Å². The third-order valence-electron chi connectivity index (χ3n) is 7.07. The maximum absolute atomic E-state index is 13.6. The van der Waals surface area contributed by atoms with E-state index in [0.717, 1.165) is 22.3 Å². The molecule has 2 atom stereocenters. The molecule has 1 saturated heterocycles. The van der Waals surface area contributed by atoms with Crippen LogP contribution in [0.1, 0.15) is 64.5 Å². The molecule has 1 heterocycles. The highest BCUT2D eigenvalue weighted by molar-refractivity contribution is 5.81. The number of carboxylic acids is 1. The van der Waals surface area contributed by atoms with E-state index in [1.807, 2.05) is 50.2 Å². The molecule has 1 fully saturated rings. The Balaban J connectivity index is 1.55. The number of ether oxygens (including phenoxy) is 2. The number of likely N-dealkylation sites (tertiary alicyclic amines) is 1. The number of benzene rings is 2. The second-order valence-corrected chi connectivity index (χ2v) is 11.6. The highest BCUT2D eigenvalue weighted by Crippen LogP contribution is 2.44. The third-order valence-corrected chi connectivity index (χ3v) is 7.07. The molecule has 4 rings (SSSR count). The molecule has 1 aliphatic carbocycles. The highest BCUT2D eigenvalue weighted by atomic mass is 16.6. The summed E-state index contributed by atoms with van der Waals surface area (Å²) in [5.74, 6) is -1.17. The Hall–Kier alpha value is -3.55. The minimum absolute atomic E-state index is 0.0448. The zero-order valence-electron chi connectivity index (χ0n) is 22.8. The van der Waals surface area contributed by atoms with Crippen molar-refractivity contribution >= 4 is 18.2 Å². The normalized spacial score (nSPS) is 17.6. The van der Waals surface area contributed by atoms with E-state index in [-0.39, 0.29) is 31.4 Å². The Morgan fingerprint density at radius 1 is 1.03 bits per heavy atom. The van der Waals surface area contributed by atoms with Crippen molar-refractivity contribution in [2.45, 2.75) is 71.1 Å². The van der Waals surface area contributed by atoms with Crippen LogP contribution in [0.4, 0.5) is 9.59 Å². The maximum Gasteiger partial charge on any atom is 0.410 e. The molecule has 0 aromatic heterocycles. The molecule has 2 aromatic rings. The zero-order chi connectivity index (χ0) is 27.6. The van der Waals surface area contributed by atoms with E-state index in [9.17, 15) is 19.5 Å². The summed E-state index contributed by atoms with van der Waals surface area (Å²) in [7, 11) is 0. The molecule has 0 spiro atoms. The van der Waals surface area contributed by atoms with Crippen LogP contribution in [-0.4, -0.2) is 70.4 Å². The number of hydrogen-bond donors (Lipinski definition) is 1. The molecule has 0 bridgehead atoms. The van der Waals surface area contributed by atoms with E-state index >= 15 is 0 Å². The fourth-order valence-electron chi connectivity index (χ4n) is 5.44. The van der Waals surface area contributed by atoms with Gasteiger partial charge in [-0.15, -0.1) is 0 Å². The lowest BCUT2D eigenvalue weighted by atomic mass is 9.98. The first-order valence-electron chi connectivity index (χ1n) is 13.3. The molecular formula is C30H38N2O6. The molecular weight excluding hydrogens is 484 g/mol. The minimum Gasteiger partial charge on any atom is -0.480 e. The van der Waals surface area contributed by atoms with Crippen molar-refractivity contribution < 1.29 is 29.0 Å². The highest BCUT2D eigenvalue weighted by Gasteiger charge is 2.42. The number of rotatable bonds is 7. The van der Waals surface area contributed by atoms with E-state index in [4.69, 9.17) is 9.47 Å². The van der Waals surface area contributed by atoms with E-state index < -0.39 is 35.8 Å². The van der Waals surface area contributed by atoms with Gasteiger partial charge in [-0.1, -0.05) is 62.4 Å². The number of carbonyl (C=O) groups excluding carboxylic acids is 2. The van der Waals surface area contributed by atoms with Crippen molar-refractivity contribution in [3.8, 4) is 11.1 Å².